The second-order valence-electron chi connectivity index (χ2n) is 6.63. The molecule has 0 aromatic heterocycles. The molecule has 0 spiro atoms. The van der Waals surface area contributed by atoms with Gasteiger partial charge in [0.05, 0.1) is 12.1 Å². The summed E-state index contributed by atoms with van der Waals surface area (Å²) >= 11 is 0. The van der Waals surface area contributed by atoms with Gasteiger partial charge in [-0.2, -0.15) is 13.2 Å². The number of amides is 2. The van der Waals surface area contributed by atoms with Crippen LogP contribution in [0.3, 0.4) is 0 Å². The SMILES string of the molecule is CCN(CC(=O)O)C1CCN(C(=O)Nc2ccc(C(F)(F)F)c(C)c2)CC1. The highest BCUT2D eigenvalue weighted by Gasteiger charge is 2.32. The number of benzene rings is 1. The Morgan fingerprint density at radius 2 is 1.93 bits per heavy atom. The normalized spacial score (nSPS) is 15.9. The highest BCUT2D eigenvalue weighted by Crippen LogP contribution is 2.33. The molecule has 1 aromatic rings. The third-order valence-corrected chi connectivity index (χ3v) is 4.80. The molecule has 1 saturated heterocycles. The fourth-order valence-electron chi connectivity index (χ4n) is 3.37. The number of rotatable bonds is 5. The van der Waals surface area contributed by atoms with E-state index in [0.717, 1.165) is 6.07 Å². The topological polar surface area (TPSA) is 72.9 Å². The van der Waals surface area contributed by atoms with Crippen molar-refractivity contribution in [1.82, 2.24) is 9.80 Å². The number of likely N-dealkylation sites (tertiary alicyclic amines) is 1. The van der Waals surface area contributed by atoms with Crippen LogP contribution in [-0.2, 0) is 11.0 Å². The number of hydrogen-bond donors (Lipinski definition) is 2. The average molecular weight is 387 g/mol. The molecule has 6 nitrogen and oxygen atoms in total. The minimum atomic E-state index is -4.42. The number of likely N-dealkylation sites (N-methyl/N-ethyl adjacent to an activating group) is 1. The zero-order chi connectivity index (χ0) is 20.2. The molecule has 2 amide bonds. The molecular weight excluding hydrogens is 363 g/mol. The number of hydrogen-bond acceptors (Lipinski definition) is 3. The van der Waals surface area contributed by atoms with E-state index in [1.165, 1.54) is 19.1 Å². The van der Waals surface area contributed by atoms with Crippen LogP contribution in [-0.4, -0.2) is 59.1 Å². The Kier molecular flexibility index (Phi) is 6.69. The predicted molar refractivity (Wildman–Crippen MR) is 94.7 cm³/mol. The molecule has 1 aliphatic heterocycles. The fourth-order valence-corrected chi connectivity index (χ4v) is 3.37. The van der Waals surface area contributed by atoms with Crippen molar-refractivity contribution in [2.45, 2.75) is 38.9 Å². The molecule has 9 heteroatoms. The molecule has 1 aliphatic rings. The lowest BCUT2D eigenvalue weighted by atomic mass is 10.0. The number of aryl methyl sites for hydroxylation is 1. The lowest BCUT2D eigenvalue weighted by Crippen LogP contribution is -2.49. The van der Waals surface area contributed by atoms with Gasteiger partial charge in [-0.3, -0.25) is 9.69 Å². The number of alkyl halides is 3. The van der Waals surface area contributed by atoms with Gasteiger partial charge in [-0.1, -0.05) is 6.92 Å². The Bertz CT molecular complexity index is 686. The standard InChI is InChI=1S/C18H24F3N3O3/c1-3-23(11-16(25)26)14-6-8-24(9-7-14)17(27)22-13-4-5-15(12(2)10-13)18(19,20)21/h4-5,10,14H,3,6-9,11H2,1-2H3,(H,22,27)(H,25,26). The van der Waals surface area contributed by atoms with Gasteiger partial charge in [0.2, 0.25) is 0 Å². The van der Waals surface area contributed by atoms with Crippen molar-refractivity contribution in [3.63, 3.8) is 0 Å². The summed E-state index contributed by atoms with van der Waals surface area (Å²) in [6.45, 7) is 4.77. The fraction of sp³-hybridized carbons (Fsp3) is 0.556. The lowest BCUT2D eigenvalue weighted by Gasteiger charge is -2.37. The van der Waals surface area contributed by atoms with Crippen molar-refractivity contribution in [2.24, 2.45) is 0 Å². The second kappa shape index (κ2) is 8.60. The average Bonchev–Trinajstić information content (AvgIpc) is 2.58. The lowest BCUT2D eigenvalue weighted by molar-refractivity contribution is -0.139. The van der Waals surface area contributed by atoms with Gasteiger partial charge < -0.3 is 15.3 Å². The molecule has 2 N–H and O–H groups in total. The van der Waals surface area contributed by atoms with E-state index in [-0.39, 0.29) is 24.2 Å². The minimum absolute atomic E-state index is 0.0296. The quantitative estimate of drug-likeness (QED) is 0.812. The molecule has 1 fully saturated rings. The van der Waals surface area contributed by atoms with E-state index in [2.05, 4.69) is 5.32 Å². The van der Waals surface area contributed by atoms with Crippen molar-refractivity contribution in [3.05, 3.63) is 29.3 Å². The van der Waals surface area contributed by atoms with E-state index in [9.17, 15) is 22.8 Å². The summed E-state index contributed by atoms with van der Waals surface area (Å²) < 4.78 is 38.4. The first kappa shape index (κ1) is 21.0. The number of anilines is 1. The number of halogens is 3. The number of nitrogens with one attached hydrogen (secondary N) is 1. The maximum Gasteiger partial charge on any atom is 0.416 e. The van der Waals surface area contributed by atoms with Gasteiger partial charge in [-0.25, -0.2) is 4.79 Å². The summed E-state index contributed by atoms with van der Waals surface area (Å²) in [5.74, 6) is -0.880. The van der Waals surface area contributed by atoms with Gasteiger partial charge in [-0.15, -0.1) is 0 Å². The Morgan fingerprint density at radius 1 is 1.30 bits per heavy atom. The van der Waals surface area contributed by atoms with Crippen molar-refractivity contribution < 1.29 is 27.9 Å². The minimum Gasteiger partial charge on any atom is -0.480 e. The molecule has 0 aliphatic carbocycles. The first-order valence-corrected chi connectivity index (χ1v) is 8.81. The van der Waals surface area contributed by atoms with E-state index in [1.807, 2.05) is 11.8 Å². The van der Waals surface area contributed by atoms with E-state index in [4.69, 9.17) is 5.11 Å². The van der Waals surface area contributed by atoms with Crippen LogP contribution in [0.25, 0.3) is 0 Å². The van der Waals surface area contributed by atoms with E-state index in [0.29, 0.717) is 38.2 Å². The largest absolute Gasteiger partial charge is 0.480 e. The van der Waals surface area contributed by atoms with E-state index in [1.54, 1.807) is 4.90 Å². The van der Waals surface area contributed by atoms with Crippen LogP contribution in [0.5, 0.6) is 0 Å². The molecule has 0 saturated carbocycles. The molecule has 1 aromatic carbocycles. The van der Waals surface area contributed by atoms with Crippen LogP contribution in [0.1, 0.15) is 30.9 Å². The van der Waals surface area contributed by atoms with Gasteiger partial charge in [0.25, 0.3) is 0 Å². The third-order valence-electron chi connectivity index (χ3n) is 4.80. The van der Waals surface area contributed by atoms with Crippen molar-refractivity contribution in [2.75, 3.05) is 31.5 Å². The van der Waals surface area contributed by atoms with Gasteiger partial charge in [0.1, 0.15) is 0 Å². The number of urea groups is 1. The van der Waals surface area contributed by atoms with Gasteiger partial charge in [-0.05, 0) is 50.1 Å². The van der Waals surface area contributed by atoms with Gasteiger partial charge >= 0.3 is 18.2 Å². The third kappa shape index (κ3) is 5.59. The van der Waals surface area contributed by atoms with Crippen LogP contribution >= 0.6 is 0 Å². The molecule has 0 unspecified atom stereocenters. The molecule has 0 atom stereocenters. The Morgan fingerprint density at radius 3 is 2.41 bits per heavy atom. The van der Waals surface area contributed by atoms with Crippen LogP contribution in [0.4, 0.5) is 23.7 Å². The zero-order valence-corrected chi connectivity index (χ0v) is 15.3. The van der Waals surface area contributed by atoms with Crippen molar-refractivity contribution in [3.8, 4) is 0 Å². The summed E-state index contributed by atoms with van der Waals surface area (Å²) in [7, 11) is 0. The van der Waals surface area contributed by atoms with Gasteiger partial charge in [0, 0.05) is 24.8 Å². The summed E-state index contributed by atoms with van der Waals surface area (Å²) in [6.07, 6.45) is -3.11. The van der Waals surface area contributed by atoms with Crippen molar-refractivity contribution in [1.29, 1.82) is 0 Å². The Hall–Kier alpha value is -2.29. The Balaban J connectivity index is 1.93. The predicted octanol–water partition coefficient (Wildman–Crippen LogP) is 3.42. The van der Waals surface area contributed by atoms with Crippen LogP contribution < -0.4 is 5.32 Å². The molecule has 150 valence electrons. The Labute approximate surface area is 155 Å². The maximum absolute atomic E-state index is 12.8. The first-order valence-electron chi connectivity index (χ1n) is 8.81. The van der Waals surface area contributed by atoms with Crippen LogP contribution in [0, 0.1) is 6.92 Å². The number of carbonyl (C=O) groups excluding carboxylic acids is 1. The first-order chi connectivity index (χ1) is 12.6. The number of piperidine rings is 1. The molecular formula is C18H24F3N3O3. The number of carboxylic acids is 1. The van der Waals surface area contributed by atoms with E-state index >= 15 is 0 Å². The maximum atomic E-state index is 12.8. The smallest absolute Gasteiger partial charge is 0.416 e. The number of nitrogens with zero attached hydrogens (tertiary/aromatic N) is 2. The summed E-state index contributed by atoms with van der Waals surface area (Å²) in [5, 5.41) is 11.6. The molecule has 2 rings (SSSR count). The molecule has 0 bridgehead atoms. The number of carboxylic acid groups (broad SMARTS) is 1. The van der Waals surface area contributed by atoms with Crippen LogP contribution in [0.15, 0.2) is 18.2 Å². The van der Waals surface area contributed by atoms with Crippen molar-refractivity contribution >= 4 is 17.7 Å². The highest BCUT2D eigenvalue weighted by molar-refractivity contribution is 5.89. The number of aliphatic carboxylic acids is 1. The monoisotopic (exact) mass is 387 g/mol. The highest BCUT2D eigenvalue weighted by atomic mass is 19.4. The summed E-state index contributed by atoms with van der Waals surface area (Å²) in [6, 6.07) is 3.24. The molecule has 0 radical (unpaired) electrons. The van der Waals surface area contributed by atoms with E-state index < -0.39 is 17.7 Å². The zero-order valence-electron chi connectivity index (χ0n) is 15.3. The molecule has 27 heavy (non-hydrogen) atoms. The summed E-state index contributed by atoms with van der Waals surface area (Å²) in [4.78, 5) is 26.8. The number of carbonyl (C=O) groups is 2. The van der Waals surface area contributed by atoms with Crippen LogP contribution in [0.2, 0.25) is 0 Å². The van der Waals surface area contributed by atoms with Gasteiger partial charge in [0.15, 0.2) is 0 Å². The summed E-state index contributed by atoms with van der Waals surface area (Å²) in [5.41, 5.74) is -0.362. The second-order valence-corrected chi connectivity index (χ2v) is 6.63. The molecule has 1 heterocycles.